The fourth-order valence-electron chi connectivity index (χ4n) is 2.58. The first-order valence-corrected chi connectivity index (χ1v) is 9.10. The van der Waals surface area contributed by atoms with Gasteiger partial charge in [-0.25, -0.2) is 4.98 Å². The highest BCUT2D eigenvalue weighted by atomic mass is 32.2. The number of hydrogen-bond acceptors (Lipinski definition) is 5. The topological polar surface area (TPSA) is 60.5 Å². The van der Waals surface area contributed by atoms with Crippen molar-refractivity contribution in [3.63, 3.8) is 0 Å². The van der Waals surface area contributed by atoms with Crippen LogP contribution in [0, 0.1) is 6.92 Å². The molecule has 1 N–H and O–H groups in total. The molecule has 134 valence electrons. The van der Waals surface area contributed by atoms with Crippen molar-refractivity contribution in [3.05, 3.63) is 54.1 Å². The van der Waals surface area contributed by atoms with Crippen LogP contribution in [0.4, 0.5) is 5.69 Å². The molecule has 6 heteroatoms. The summed E-state index contributed by atoms with van der Waals surface area (Å²) in [6, 6.07) is 15.3. The fraction of sp³-hybridized carbons (Fsp3) is 0.200. The number of rotatable bonds is 6. The van der Waals surface area contributed by atoms with E-state index < -0.39 is 0 Å². The number of aromatic nitrogens is 1. The molecule has 26 heavy (non-hydrogen) atoms. The Hall–Kier alpha value is -2.73. The first-order valence-electron chi connectivity index (χ1n) is 8.12. The van der Waals surface area contributed by atoms with E-state index in [1.807, 2.05) is 31.2 Å². The molecule has 1 heterocycles. The molecule has 3 rings (SSSR count). The zero-order valence-corrected chi connectivity index (χ0v) is 15.7. The number of carbonyl (C=O) groups is 1. The highest BCUT2D eigenvalue weighted by molar-refractivity contribution is 8.00. The molecule has 3 aromatic rings. The number of benzene rings is 2. The minimum atomic E-state index is -0.129. The molecule has 0 saturated heterocycles. The van der Waals surface area contributed by atoms with Crippen LogP contribution in [0.5, 0.6) is 11.5 Å². The third kappa shape index (κ3) is 4.08. The molecule has 0 aliphatic heterocycles. The number of ether oxygens (including phenoxy) is 2. The molecule has 0 spiro atoms. The van der Waals surface area contributed by atoms with Gasteiger partial charge in [0.2, 0.25) is 5.91 Å². The number of nitrogens with one attached hydrogen (secondary N) is 1. The normalized spacial score (nSPS) is 10.6. The number of aryl methyl sites for hydroxylation is 1. The molecule has 0 saturated carbocycles. The van der Waals surface area contributed by atoms with Gasteiger partial charge in [0.1, 0.15) is 16.5 Å². The van der Waals surface area contributed by atoms with E-state index in [0.29, 0.717) is 17.2 Å². The van der Waals surface area contributed by atoms with Crippen molar-refractivity contribution in [1.82, 2.24) is 4.98 Å². The molecular weight excluding hydrogens is 348 g/mol. The summed E-state index contributed by atoms with van der Waals surface area (Å²) in [7, 11) is 3.14. The number of amides is 1. The quantitative estimate of drug-likeness (QED) is 0.658. The minimum Gasteiger partial charge on any atom is -0.497 e. The summed E-state index contributed by atoms with van der Waals surface area (Å²) < 4.78 is 10.5. The molecule has 5 nitrogen and oxygen atoms in total. The van der Waals surface area contributed by atoms with Gasteiger partial charge in [0.05, 0.1) is 31.2 Å². The van der Waals surface area contributed by atoms with Crippen molar-refractivity contribution in [2.45, 2.75) is 11.9 Å². The standard InChI is InChI=1S/C20H20N2O3S/c1-13-10-14-6-4-5-7-16(14)22-20(13)26-12-19(23)21-17-11-15(24-2)8-9-18(17)25-3/h4-11H,12H2,1-3H3,(H,21,23). The van der Waals surface area contributed by atoms with Crippen LogP contribution in [0.15, 0.2) is 53.6 Å². The van der Waals surface area contributed by atoms with Gasteiger partial charge >= 0.3 is 0 Å². The molecule has 0 aliphatic rings. The average molecular weight is 368 g/mol. The maximum atomic E-state index is 12.4. The highest BCUT2D eigenvalue weighted by Crippen LogP contribution is 2.29. The van der Waals surface area contributed by atoms with Gasteiger partial charge in [0.25, 0.3) is 0 Å². The Kier molecular flexibility index (Phi) is 5.63. The average Bonchev–Trinajstić information content (AvgIpc) is 2.66. The van der Waals surface area contributed by atoms with E-state index in [2.05, 4.69) is 16.4 Å². The lowest BCUT2D eigenvalue weighted by Crippen LogP contribution is -2.15. The van der Waals surface area contributed by atoms with Crippen LogP contribution in [-0.2, 0) is 4.79 Å². The van der Waals surface area contributed by atoms with Crippen molar-refractivity contribution < 1.29 is 14.3 Å². The van der Waals surface area contributed by atoms with E-state index in [9.17, 15) is 4.79 Å². The van der Waals surface area contributed by atoms with Crippen LogP contribution >= 0.6 is 11.8 Å². The number of nitrogens with zero attached hydrogens (tertiary/aromatic N) is 1. The maximum absolute atomic E-state index is 12.4. The van der Waals surface area contributed by atoms with Crippen LogP contribution in [0.3, 0.4) is 0 Å². The summed E-state index contributed by atoms with van der Waals surface area (Å²) in [6.07, 6.45) is 0. The molecule has 0 bridgehead atoms. The second kappa shape index (κ2) is 8.10. The summed E-state index contributed by atoms with van der Waals surface area (Å²) in [5.74, 6) is 1.37. The van der Waals surface area contributed by atoms with Crippen molar-refractivity contribution in [2.24, 2.45) is 0 Å². The van der Waals surface area contributed by atoms with Crippen molar-refractivity contribution in [3.8, 4) is 11.5 Å². The van der Waals surface area contributed by atoms with Crippen molar-refractivity contribution in [1.29, 1.82) is 0 Å². The highest BCUT2D eigenvalue weighted by Gasteiger charge is 2.11. The largest absolute Gasteiger partial charge is 0.497 e. The molecule has 0 fully saturated rings. The Labute approximate surface area is 156 Å². The van der Waals surface area contributed by atoms with Gasteiger partial charge in [-0.05, 0) is 36.8 Å². The number of carbonyl (C=O) groups excluding carboxylic acids is 1. The zero-order chi connectivity index (χ0) is 18.5. The Balaban J connectivity index is 1.71. The van der Waals surface area contributed by atoms with Gasteiger partial charge in [0.15, 0.2) is 0 Å². The summed E-state index contributed by atoms with van der Waals surface area (Å²) in [5, 5.41) is 4.83. The number of para-hydroxylation sites is 1. The van der Waals surface area contributed by atoms with Gasteiger partial charge in [-0.1, -0.05) is 30.0 Å². The molecule has 1 amide bonds. The summed E-state index contributed by atoms with van der Waals surface area (Å²) >= 11 is 1.42. The lowest BCUT2D eigenvalue weighted by molar-refractivity contribution is -0.113. The molecule has 2 aromatic carbocycles. The SMILES string of the molecule is COc1ccc(OC)c(NC(=O)CSc2nc3ccccc3cc2C)c1. The lowest BCUT2D eigenvalue weighted by Gasteiger charge is -2.12. The molecule has 1 aromatic heterocycles. The zero-order valence-electron chi connectivity index (χ0n) is 14.9. The lowest BCUT2D eigenvalue weighted by atomic mass is 10.2. The van der Waals surface area contributed by atoms with Crippen LogP contribution in [0.25, 0.3) is 10.9 Å². The fourth-order valence-corrected chi connectivity index (χ4v) is 3.37. The smallest absolute Gasteiger partial charge is 0.234 e. The number of thioether (sulfide) groups is 1. The van der Waals surface area contributed by atoms with E-state index in [4.69, 9.17) is 9.47 Å². The van der Waals surface area contributed by atoms with Gasteiger partial charge < -0.3 is 14.8 Å². The van der Waals surface area contributed by atoms with E-state index >= 15 is 0 Å². The number of methoxy groups -OCH3 is 2. The van der Waals surface area contributed by atoms with Gasteiger partial charge in [-0.2, -0.15) is 0 Å². The maximum Gasteiger partial charge on any atom is 0.234 e. The molecule has 0 aliphatic carbocycles. The van der Waals surface area contributed by atoms with E-state index in [1.54, 1.807) is 32.4 Å². The summed E-state index contributed by atoms with van der Waals surface area (Å²) in [5.41, 5.74) is 2.57. The molecule has 0 radical (unpaired) electrons. The van der Waals surface area contributed by atoms with Gasteiger partial charge in [0, 0.05) is 11.5 Å². The van der Waals surface area contributed by atoms with Crippen molar-refractivity contribution >= 4 is 34.3 Å². The Morgan fingerprint density at radius 1 is 1.12 bits per heavy atom. The van der Waals surface area contributed by atoms with E-state index in [1.165, 1.54) is 11.8 Å². The predicted octanol–water partition coefficient (Wildman–Crippen LogP) is 4.29. The number of pyridine rings is 1. The third-order valence-electron chi connectivity index (χ3n) is 3.89. The first-order chi connectivity index (χ1) is 12.6. The minimum absolute atomic E-state index is 0.129. The van der Waals surface area contributed by atoms with Gasteiger partial charge in [-0.3, -0.25) is 4.79 Å². The van der Waals surface area contributed by atoms with Crippen LogP contribution in [0.2, 0.25) is 0 Å². The second-order valence-electron chi connectivity index (χ2n) is 5.71. The Morgan fingerprint density at radius 2 is 1.92 bits per heavy atom. The number of fused-ring (bicyclic) bond motifs is 1. The molecular formula is C20H20N2O3S. The Morgan fingerprint density at radius 3 is 2.69 bits per heavy atom. The van der Waals surface area contributed by atoms with Crippen LogP contribution in [0.1, 0.15) is 5.56 Å². The first kappa shape index (κ1) is 18.1. The monoisotopic (exact) mass is 368 g/mol. The van der Waals surface area contributed by atoms with E-state index in [-0.39, 0.29) is 11.7 Å². The Bertz CT molecular complexity index is 943. The number of anilines is 1. The second-order valence-corrected chi connectivity index (χ2v) is 6.67. The van der Waals surface area contributed by atoms with Crippen LogP contribution in [-0.4, -0.2) is 30.9 Å². The summed E-state index contributed by atoms with van der Waals surface area (Å²) in [6.45, 7) is 2.00. The molecule has 0 atom stereocenters. The van der Waals surface area contributed by atoms with Gasteiger partial charge in [-0.15, -0.1) is 0 Å². The van der Waals surface area contributed by atoms with Crippen LogP contribution < -0.4 is 14.8 Å². The predicted molar refractivity (Wildman–Crippen MR) is 105 cm³/mol. The van der Waals surface area contributed by atoms with E-state index in [0.717, 1.165) is 21.5 Å². The molecule has 0 unspecified atom stereocenters. The van der Waals surface area contributed by atoms with Crippen molar-refractivity contribution in [2.75, 3.05) is 25.3 Å². The number of hydrogen-bond donors (Lipinski definition) is 1. The summed E-state index contributed by atoms with van der Waals surface area (Å²) in [4.78, 5) is 17.0. The third-order valence-corrected chi connectivity index (χ3v) is 4.98.